The maximum absolute atomic E-state index is 6.19. The summed E-state index contributed by atoms with van der Waals surface area (Å²) in [5.74, 6) is 1.68. The predicted molar refractivity (Wildman–Crippen MR) is 165 cm³/mol. The number of benzene rings is 2. The Bertz CT molecular complexity index is 1650. The van der Waals surface area contributed by atoms with Gasteiger partial charge in [-0.3, -0.25) is 4.90 Å². The summed E-state index contributed by atoms with van der Waals surface area (Å²) in [6.45, 7) is 12.7. The topological polar surface area (TPSA) is 59.3 Å². The molecule has 0 N–H and O–H groups in total. The van der Waals surface area contributed by atoms with Gasteiger partial charge in [-0.2, -0.15) is 15.1 Å². The van der Waals surface area contributed by atoms with Crippen molar-refractivity contribution >= 4 is 27.4 Å². The average Bonchev–Trinajstić information content (AvgIpc) is 3.51. The van der Waals surface area contributed by atoms with Crippen LogP contribution in [0.4, 0.5) is 5.82 Å². The SMILES string of the molecule is Cc1cc(C)n(-c2nc(N3CCN(C(c4ccccc4)c4ccccc4)CC3)c3c4c(sc3n2)COC(C)(C)C4)n1. The lowest BCUT2D eigenvalue weighted by molar-refractivity contribution is -0.0379. The van der Waals surface area contributed by atoms with Crippen LogP contribution in [0.1, 0.15) is 52.8 Å². The van der Waals surface area contributed by atoms with Crippen LogP contribution in [0.2, 0.25) is 0 Å². The number of rotatable bonds is 5. The molecule has 8 heteroatoms. The van der Waals surface area contributed by atoms with Crippen molar-refractivity contribution in [3.63, 3.8) is 0 Å². The van der Waals surface area contributed by atoms with Gasteiger partial charge in [0.15, 0.2) is 0 Å². The first-order chi connectivity index (χ1) is 19.9. The number of aryl methyl sites for hydroxylation is 2. The van der Waals surface area contributed by atoms with E-state index in [0.717, 1.165) is 54.6 Å². The molecule has 5 aromatic rings. The Morgan fingerprint density at radius 1 is 0.878 bits per heavy atom. The minimum Gasteiger partial charge on any atom is -0.370 e. The number of piperazine rings is 1. The van der Waals surface area contributed by atoms with Crippen LogP contribution in [0, 0.1) is 13.8 Å². The molecule has 41 heavy (non-hydrogen) atoms. The monoisotopic (exact) mass is 564 g/mol. The molecule has 2 aliphatic heterocycles. The first-order valence-electron chi connectivity index (χ1n) is 14.4. The fraction of sp³-hybridized carbons (Fsp3) is 0.364. The zero-order chi connectivity index (χ0) is 28.1. The van der Waals surface area contributed by atoms with E-state index in [0.29, 0.717) is 12.6 Å². The predicted octanol–water partition coefficient (Wildman–Crippen LogP) is 6.26. The van der Waals surface area contributed by atoms with Gasteiger partial charge in [0.1, 0.15) is 10.6 Å². The van der Waals surface area contributed by atoms with Crippen LogP contribution in [0.15, 0.2) is 66.7 Å². The third-order valence-electron chi connectivity index (χ3n) is 8.31. The van der Waals surface area contributed by atoms with E-state index in [2.05, 4.69) is 97.3 Å². The Hall–Kier alpha value is -3.59. The highest BCUT2D eigenvalue weighted by molar-refractivity contribution is 7.19. The first kappa shape index (κ1) is 26.3. The summed E-state index contributed by atoms with van der Waals surface area (Å²) < 4.78 is 8.08. The van der Waals surface area contributed by atoms with Crippen molar-refractivity contribution in [2.24, 2.45) is 0 Å². The number of thiophene rings is 1. The molecule has 5 heterocycles. The highest BCUT2D eigenvalue weighted by atomic mass is 32.1. The third-order valence-corrected chi connectivity index (χ3v) is 9.41. The molecule has 2 aromatic carbocycles. The summed E-state index contributed by atoms with van der Waals surface area (Å²) in [7, 11) is 0. The Labute approximate surface area is 245 Å². The quantitative estimate of drug-likeness (QED) is 0.251. The van der Waals surface area contributed by atoms with E-state index in [-0.39, 0.29) is 11.6 Å². The van der Waals surface area contributed by atoms with Crippen molar-refractivity contribution in [3.8, 4) is 5.95 Å². The van der Waals surface area contributed by atoms with Gasteiger partial charge in [0.25, 0.3) is 5.95 Å². The maximum Gasteiger partial charge on any atom is 0.254 e. The summed E-state index contributed by atoms with van der Waals surface area (Å²) in [6.07, 6.45) is 0.863. The Morgan fingerprint density at radius 3 is 2.15 bits per heavy atom. The molecule has 0 saturated carbocycles. The van der Waals surface area contributed by atoms with Crippen molar-refractivity contribution in [1.82, 2.24) is 24.6 Å². The first-order valence-corrected chi connectivity index (χ1v) is 15.3. The molecule has 0 spiro atoms. The van der Waals surface area contributed by atoms with Crippen LogP contribution in [0.25, 0.3) is 16.2 Å². The van der Waals surface area contributed by atoms with Crippen molar-refractivity contribution in [2.75, 3.05) is 31.1 Å². The van der Waals surface area contributed by atoms with Crippen molar-refractivity contribution in [1.29, 1.82) is 0 Å². The van der Waals surface area contributed by atoms with Gasteiger partial charge < -0.3 is 9.64 Å². The van der Waals surface area contributed by atoms with Gasteiger partial charge in [-0.15, -0.1) is 11.3 Å². The van der Waals surface area contributed by atoms with Crippen LogP contribution in [-0.2, 0) is 17.8 Å². The van der Waals surface area contributed by atoms with Crippen molar-refractivity contribution in [3.05, 3.63) is 99.7 Å². The van der Waals surface area contributed by atoms with E-state index in [4.69, 9.17) is 19.8 Å². The second-order valence-corrected chi connectivity index (χ2v) is 12.9. The van der Waals surface area contributed by atoms with Gasteiger partial charge in [-0.1, -0.05) is 60.7 Å². The molecule has 0 amide bonds. The zero-order valence-electron chi connectivity index (χ0n) is 24.2. The maximum atomic E-state index is 6.19. The van der Waals surface area contributed by atoms with Gasteiger partial charge in [0, 0.05) is 43.2 Å². The number of fused-ring (bicyclic) bond motifs is 3. The molecule has 0 aliphatic carbocycles. The molecule has 0 atom stereocenters. The van der Waals surface area contributed by atoms with E-state index in [9.17, 15) is 0 Å². The fourth-order valence-corrected chi connectivity index (χ4v) is 7.44. The minimum absolute atomic E-state index is 0.204. The molecule has 3 aromatic heterocycles. The molecular weight excluding hydrogens is 528 g/mol. The average molecular weight is 565 g/mol. The number of nitrogens with zero attached hydrogens (tertiary/aromatic N) is 6. The number of aromatic nitrogens is 4. The van der Waals surface area contributed by atoms with E-state index >= 15 is 0 Å². The van der Waals surface area contributed by atoms with Crippen molar-refractivity contribution < 1.29 is 4.74 Å². The fourth-order valence-electron chi connectivity index (χ4n) is 6.35. The Morgan fingerprint density at radius 2 is 1.54 bits per heavy atom. The molecular formula is C33H36N6OS. The number of hydrogen-bond donors (Lipinski definition) is 0. The summed E-state index contributed by atoms with van der Waals surface area (Å²) in [5.41, 5.74) is 5.82. The lowest BCUT2D eigenvalue weighted by Gasteiger charge is -2.40. The normalized spacial score (nSPS) is 17.3. The molecule has 2 aliphatic rings. The molecule has 1 saturated heterocycles. The standard InChI is InChI=1S/C33H36N6OS/c1-22-19-23(2)39(36-22)32-34-30(28-26-20-33(3,4)40-21-27(26)41-31(28)35-32)38-17-15-37(16-18-38)29(24-11-7-5-8-12-24)25-13-9-6-10-14-25/h5-14,19,29H,15-18,20-21H2,1-4H3. The summed E-state index contributed by atoms with van der Waals surface area (Å²) in [4.78, 5) is 17.7. The number of hydrogen-bond acceptors (Lipinski definition) is 7. The van der Waals surface area contributed by atoms with Gasteiger partial charge in [0.05, 0.1) is 29.3 Å². The highest BCUT2D eigenvalue weighted by Crippen LogP contribution is 2.42. The molecule has 7 rings (SSSR count). The number of ether oxygens (including phenoxy) is 1. The van der Waals surface area contributed by atoms with Gasteiger partial charge in [-0.25, -0.2) is 4.68 Å². The second-order valence-electron chi connectivity index (χ2n) is 11.8. The van der Waals surface area contributed by atoms with E-state index < -0.39 is 0 Å². The lowest BCUT2D eigenvalue weighted by Crippen LogP contribution is -2.48. The molecule has 0 unspecified atom stereocenters. The van der Waals surface area contributed by atoms with Crippen LogP contribution in [0.3, 0.4) is 0 Å². The van der Waals surface area contributed by atoms with E-state index in [1.807, 2.05) is 11.6 Å². The van der Waals surface area contributed by atoms with Crippen LogP contribution in [-0.4, -0.2) is 56.4 Å². The van der Waals surface area contributed by atoms with Crippen LogP contribution < -0.4 is 4.90 Å². The van der Waals surface area contributed by atoms with Gasteiger partial charge in [0.2, 0.25) is 0 Å². The lowest BCUT2D eigenvalue weighted by atomic mass is 9.94. The molecule has 210 valence electrons. The van der Waals surface area contributed by atoms with Gasteiger partial charge in [-0.05, 0) is 50.5 Å². The summed E-state index contributed by atoms with van der Waals surface area (Å²) in [5, 5.41) is 5.92. The second kappa shape index (κ2) is 10.4. The largest absolute Gasteiger partial charge is 0.370 e. The summed E-state index contributed by atoms with van der Waals surface area (Å²) >= 11 is 1.75. The smallest absolute Gasteiger partial charge is 0.254 e. The molecule has 0 radical (unpaired) electrons. The summed E-state index contributed by atoms with van der Waals surface area (Å²) in [6, 6.07) is 24.1. The van der Waals surface area contributed by atoms with Crippen LogP contribution in [0.5, 0.6) is 0 Å². The highest BCUT2D eigenvalue weighted by Gasteiger charge is 2.34. The van der Waals surface area contributed by atoms with Crippen molar-refractivity contribution in [2.45, 2.75) is 52.4 Å². The number of anilines is 1. The Kier molecular flexibility index (Phi) is 6.64. The molecule has 1 fully saturated rings. The third kappa shape index (κ3) is 4.94. The van der Waals surface area contributed by atoms with Gasteiger partial charge >= 0.3 is 0 Å². The van der Waals surface area contributed by atoms with Crippen LogP contribution >= 0.6 is 11.3 Å². The Balaban J connectivity index is 1.27. The molecule has 7 nitrogen and oxygen atoms in total. The van der Waals surface area contributed by atoms with E-state index in [1.54, 1.807) is 11.3 Å². The zero-order valence-corrected chi connectivity index (χ0v) is 25.0. The molecule has 0 bridgehead atoms. The van der Waals surface area contributed by atoms with E-state index in [1.165, 1.54) is 27.0 Å². The minimum atomic E-state index is -0.204.